The second-order valence-electron chi connectivity index (χ2n) is 1.81. The highest BCUT2D eigenvalue weighted by Gasteiger charge is 2.06. The minimum atomic E-state index is 1.42. The Kier molecular flexibility index (Phi) is 2.23. The van der Waals surface area contributed by atoms with Crippen LogP contribution in [0.5, 0.6) is 0 Å². The molecule has 0 aromatic carbocycles. The van der Waals surface area contributed by atoms with Gasteiger partial charge in [-0.2, -0.15) is 0 Å². The second-order valence-corrected chi connectivity index (χ2v) is 6.90. The Bertz CT molecular complexity index is 361. The minimum absolute atomic E-state index is 1.42. The van der Waals surface area contributed by atoms with Crippen molar-refractivity contribution in [3.05, 3.63) is 17.9 Å². The molecular formula is C6H2I2S2. The van der Waals surface area contributed by atoms with Gasteiger partial charge >= 0.3 is 0 Å². The largest absolute Gasteiger partial charge is 0.133 e. The van der Waals surface area contributed by atoms with Crippen LogP contribution < -0.4 is 0 Å². The summed E-state index contributed by atoms with van der Waals surface area (Å²) in [7, 11) is 0. The predicted octanol–water partition coefficient (Wildman–Crippen LogP) is 4.17. The van der Waals surface area contributed by atoms with E-state index in [0.717, 1.165) is 0 Å². The summed E-state index contributed by atoms with van der Waals surface area (Å²) in [5, 5.41) is 3.58. The lowest BCUT2D eigenvalue weighted by atomic mass is 10.4. The van der Waals surface area contributed by atoms with E-state index < -0.39 is 0 Å². The maximum absolute atomic E-state index is 2.40. The van der Waals surface area contributed by atoms with E-state index in [9.17, 15) is 0 Å². The topological polar surface area (TPSA) is 0 Å². The van der Waals surface area contributed by atoms with E-state index in [4.69, 9.17) is 0 Å². The summed E-state index contributed by atoms with van der Waals surface area (Å²) < 4.78 is 4.29. The van der Waals surface area contributed by atoms with Gasteiger partial charge in [0.05, 0.1) is 6.90 Å². The number of thiophene rings is 2. The van der Waals surface area contributed by atoms with Crippen LogP contribution in [-0.2, 0) is 0 Å². The van der Waals surface area contributed by atoms with Gasteiger partial charge in [-0.25, -0.2) is 0 Å². The van der Waals surface area contributed by atoms with Crippen LogP contribution in [0.3, 0.4) is 0 Å². The molecule has 0 spiro atoms. The van der Waals surface area contributed by atoms with Crippen LogP contribution in [0.15, 0.2) is 11.4 Å². The first-order chi connectivity index (χ1) is 4.79. The Balaban J connectivity index is 2.95. The molecule has 0 bridgehead atoms. The van der Waals surface area contributed by atoms with Gasteiger partial charge in [-0.3, -0.25) is 0 Å². The van der Waals surface area contributed by atoms with Gasteiger partial charge in [0.1, 0.15) is 0 Å². The van der Waals surface area contributed by atoms with Gasteiger partial charge in [-0.05, 0) is 56.6 Å². The predicted molar refractivity (Wildman–Crippen MR) is 65.1 cm³/mol. The Morgan fingerprint density at radius 2 is 2.10 bits per heavy atom. The van der Waals surface area contributed by atoms with Gasteiger partial charge in [0.2, 0.25) is 0 Å². The Morgan fingerprint density at radius 3 is 2.80 bits per heavy atom. The van der Waals surface area contributed by atoms with Crippen molar-refractivity contribution in [2.24, 2.45) is 0 Å². The molecule has 0 amide bonds. The first-order valence-electron chi connectivity index (χ1n) is 2.60. The molecule has 0 saturated carbocycles. The Hall–Kier alpha value is 1.12. The number of halogens is 2. The summed E-state index contributed by atoms with van der Waals surface area (Å²) in [6.07, 6.45) is 0. The number of fused-ring (bicyclic) bond motifs is 1. The first-order valence-corrected chi connectivity index (χ1v) is 6.45. The lowest BCUT2D eigenvalue weighted by Crippen LogP contribution is -1.62. The van der Waals surface area contributed by atoms with Crippen LogP contribution in [0.1, 0.15) is 0 Å². The number of rotatable bonds is 0. The van der Waals surface area contributed by atoms with Gasteiger partial charge in [-0.1, -0.05) is 0 Å². The molecule has 0 nitrogen and oxygen atoms in total. The molecular weight excluding hydrogens is 390 g/mol. The fourth-order valence-corrected chi connectivity index (χ4v) is 5.19. The van der Waals surface area contributed by atoms with E-state index in [2.05, 4.69) is 56.6 Å². The van der Waals surface area contributed by atoms with Crippen LogP contribution in [0.2, 0.25) is 0 Å². The summed E-state index contributed by atoms with van der Waals surface area (Å²) in [4.78, 5) is 0. The molecule has 2 rings (SSSR count). The van der Waals surface area contributed by atoms with Crippen LogP contribution in [0, 0.1) is 6.45 Å². The highest BCUT2D eigenvalue weighted by Crippen LogP contribution is 2.36. The van der Waals surface area contributed by atoms with Crippen molar-refractivity contribution in [3.8, 4) is 0 Å². The van der Waals surface area contributed by atoms with Crippen LogP contribution in [0.4, 0.5) is 0 Å². The molecule has 4 heteroatoms. The molecule has 0 fully saturated rings. The summed E-state index contributed by atoms with van der Waals surface area (Å²) in [6.45, 7) is 0. The zero-order chi connectivity index (χ0) is 7.14. The average Bonchev–Trinajstić information content (AvgIpc) is 2.41. The quantitative estimate of drug-likeness (QED) is 0.591. The molecule has 0 saturated heterocycles. The van der Waals surface area contributed by atoms with E-state index >= 15 is 0 Å². The third-order valence-corrected chi connectivity index (χ3v) is 6.97. The summed E-state index contributed by atoms with van der Waals surface area (Å²) in [5.74, 6) is 0. The van der Waals surface area contributed by atoms with Gasteiger partial charge in [-0.15, -0.1) is 22.7 Å². The van der Waals surface area contributed by atoms with Gasteiger partial charge in [0, 0.05) is 8.96 Å². The van der Waals surface area contributed by atoms with Crippen molar-refractivity contribution in [2.75, 3.05) is 0 Å². The summed E-state index contributed by atoms with van der Waals surface area (Å²) in [5.41, 5.74) is 0. The molecule has 2 aromatic heterocycles. The molecule has 0 N–H and O–H groups in total. The number of hydrogen-bond acceptors (Lipinski definition) is 2. The fourth-order valence-electron chi connectivity index (χ4n) is 0.769. The minimum Gasteiger partial charge on any atom is -0.133 e. The summed E-state index contributed by atoms with van der Waals surface area (Å²) >= 11 is 8.51. The lowest BCUT2D eigenvalue weighted by molar-refractivity contribution is 1.91. The Labute approximate surface area is 93.9 Å². The van der Waals surface area contributed by atoms with E-state index in [1.165, 1.54) is 15.9 Å². The molecule has 0 aliphatic carbocycles. The molecule has 2 heterocycles. The van der Waals surface area contributed by atoms with Gasteiger partial charge < -0.3 is 0 Å². The van der Waals surface area contributed by atoms with Crippen LogP contribution >= 0.6 is 67.9 Å². The zero-order valence-electron chi connectivity index (χ0n) is 4.73. The highest BCUT2D eigenvalue weighted by atomic mass is 127. The molecule has 0 aliphatic heterocycles. The fraction of sp³-hybridized carbons (Fsp3) is 0. The zero-order valence-corrected chi connectivity index (χ0v) is 10.7. The van der Waals surface area contributed by atoms with Crippen molar-refractivity contribution in [1.82, 2.24) is 0 Å². The molecule has 10 heavy (non-hydrogen) atoms. The van der Waals surface area contributed by atoms with E-state index in [-0.39, 0.29) is 0 Å². The summed E-state index contributed by atoms with van der Waals surface area (Å²) in [6, 6.07) is 2.19. The van der Waals surface area contributed by atoms with E-state index in [1.807, 2.05) is 22.7 Å². The van der Waals surface area contributed by atoms with Crippen LogP contribution in [-0.4, -0.2) is 0 Å². The highest BCUT2D eigenvalue weighted by molar-refractivity contribution is 14.1. The van der Waals surface area contributed by atoms with Crippen molar-refractivity contribution in [2.45, 2.75) is 0 Å². The molecule has 2 aromatic rings. The maximum Gasteiger partial charge on any atom is 0.0887 e. The first kappa shape index (κ1) is 7.75. The van der Waals surface area contributed by atoms with Crippen molar-refractivity contribution in [1.29, 1.82) is 0 Å². The SMILES string of the molecule is Ic1sc2sccc2c1I. The third kappa shape index (κ3) is 1.12. The van der Waals surface area contributed by atoms with Crippen molar-refractivity contribution < 1.29 is 0 Å². The molecule has 0 aliphatic rings. The van der Waals surface area contributed by atoms with Gasteiger partial charge in [0.15, 0.2) is 0 Å². The number of hydrogen-bond donors (Lipinski definition) is 0. The van der Waals surface area contributed by atoms with Crippen LogP contribution in [0.25, 0.3) is 9.40 Å². The van der Waals surface area contributed by atoms with E-state index in [0.29, 0.717) is 0 Å². The Morgan fingerprint density at radius 1 is 1.30 bits per heavy atom. The molecule has 52 valence electrons. The normalized spacial score (nSPS) is 11.0. The standard InChI is InChI=1S/C6H2I2S2/c7-4-3-1-2-9-6(3)10-5(4)8/h1-2H. The van der Waals surface area contributed by atoms with E-state index in [1.54, 1.807) is 0 Å². The smallest absolute Gasteiger partial charge is 0.0887 e. The van der Waals surface area contributed by atoms with Crippen molar-refractivity contribution in [3.63, 3.8) is 0 Å². The molecule has 0 unspecified atom stereocenters. The third-order valence-electron chi connectivity index (χ3n) is 1.22. The average molecular weight is 392 g/mol. The lowest BCUT2D eigenvalue weighted by Gasteiger charge is -1.79. The molecule has 0 radical (unpaired) electrons. The maximum atomic E-state index is 2.40. The van der Waals surface area contributed by atoms with Crippen molar-refractivity contribution >= 4 is 77.3 Å². The van der Waals surface area contributed by atoms with Gasteiger partial charge in [0.25, 0.3) is 0 Å². The monoisotopic (exact) mass is 392 g/mol. The molecule has 0 atom stereocenters. The second kappa shape index (κ2) is 2.87.